The third-order valence-electron chi connectivity index (χ3n) is 5.48. The van der Waals surface area contributed by atoms with Crippen LogP contribution in [-0.2, 0) is 22.7 Å². The number of hydrogen-bond acceptors (Lipinski definition) is 5. The molecular weight excluding hydrogens is 382 g/mol. The van der Waals surface area contributed by atoms with E-state index in [0.717, 1.165) is 22.1 Å². The van der Waals surface area contributed by atoms with Crippen LogP contribution in [0.15, 0.2) is 53.1 Å². The van der Waals surface area contributed by atoms with Crippen molar-refractivity contribution in [3.05, 3.63) is 65.4 Å². The Morgan fingerprint density at radius 3 is 2.77 bits per heavy atom. The first kappa shape index (κ1) is 19.9. The summed E-state index contributed by atoms with van der Waals surface area (Å²) in [5.74, 6) is 0.320. The van der Waals surface area contributed by atoms with Crippen molar-refractivity contribution in [1.82, 2.24) is 4.90 Å². The Morgan fingerprint density at radius 1 is 1.17 bits per heavy atom. The zero-order valence-corrected chi connectivity index (χ0v) is 17.0. The summed E-state index contributed by atoms with van der Waals surface area (Å²) < 4.78 is 11.4. The number of carbonyl (C=O) groups is 3. The molecule has 0 radical (unpaired) electrons. The average Bonchev–Trinajstić information content (AvgIpc) is 3.31. The zero-order chi connectivity index (χ0) is 21.3. The molecule has 0 fully saturated rings. The minimum absolute atomic E-state index is 0.00373. The number of hydrogen-bond donors (Lipinski definition) is 0. The molecule has 1 amide bonds. The number of Topliss-reactive ketones (excluding diaryl/α,β-unsaturated/α-hetero) is 2. The van der Waals surface area contributed by atoms with Crippen LogP contribution in [0.3, 0.4) is 0 Å². The summed E-state index contributed by atoms with van der Waals surface area (Å²) in [6.07, 6.45) is 2.26. The van der Waals surface area contributed by atoms with Crippen LogP contribution in [-0.4, -0.2) is 28.4 Å². The van der Waals surface area contributed by atoms with Crippen molar-refractivity contribution in [2.45, 2.75) is 45.9 Å². The summed E-state index contributed by atoms with van der Waals surface area (Å²) in [7, 11) is 0. The second kappa shape index (κ2) is 8.14. The molecule has 1 aliphatic rings. The van der Waals surface area contributed by atoms with Gasteiger partial charge in [-0.15, -0.1) is 0 Å². The summed E-state index contributed by atoms with van der Waals surface area (Å²) in [4.78, 5) is 38.1. The molecule has 1 unspecified atom stereocenters. The molecule has 0 saturated carbocycles. The molecule has 4 rings (SSSR count). The topological polar surface area (TPSA) is 76.8 Å². The third kappa shape index (κ3) is 3.85. The highest BCUT2D eigenvalue weighted by Gasteiger charge is 2.36. The van der Waals surface area contributed by atoms with Crippen molar-refractivity contribution in [2.75, 3.05) is 0 Å². The first-order chi connectivity index (χ1) is 14.4. The molecule has 2 heterocycles. The fourth-order valence-corrected chi connectivity index (χ4v) is 3.90. The Bertz CT molecular complexity index is 1130. The number of fused-ring (bicyclic) bond motifs is 2. The lowest BCUT2D eigenvalue weighted by molar-refractivity contribution is -0.122. The second-order valence-corrected chi connectivity index (χ2v) is 7.66. The van der Waals surface area contributed by atoms with Crippen molar-refractivity contribution in [3.63, 3.8) is 0 Å². The molecule has 0 spiro atoms. The molecule has 3 aromatic rings. The zero-order valence-electron chi connectivity index (χ0n) is 17.0. The molecular formula is C24H23NO5. The van der Waals surface area contributed by atoms with Gasteiger partial charge in [-0.25, -0.2) is 0 Å². The number of benzene rings is 2. The van der Waals surface area contributed by atoms with Gasteiger partial charge >= 0.3 is 0 Å². The minimum atomic E-state index is -0.606. The maximum absolute atomic E-state index is 13.0. The molecule has 1 aromatic heterocycles. The number of furan rings is 1. The molecule has 0 saturated heterocycles. The highest BCUT2D eigenvalue weighted by atomic mass is 16.5. The summed E-state index contributed by atoms with van der Waals surface area (Å²) in [6.45, 7) is 3.61. The van der Waals surface area contributed by atoms with Gasteiger partial charge in [0.2, 0.25) is 0 Å². The standard InChI is InChI=1S/C24H23NO5/c1-15(26)6-8-21(16(2)27)25-13-20-19(24(25)28)4-3-5-23(20)30-14-17-7-9-22-18(12-17)10-11-29-22/h3-5,7,9-12,21H,6,8,13-14H2,1-2H3. The number of ketones is 2. The molecule has 154 valence electrons. The molecule has 1 aliphatic heterocycles. The van der Waals surface area contributed by atoms with E-state index < -0.39 is 6.04 Å². The number of amides is 1. The molecule has 6 heteroatoms. The lowest BCUT2D eigenvalue weighted by atomic mass is 10.0. The van der Waals surface area contributed by atoms with E-state index in [9.17, 15) is 14.4 Å². The Hall–Kier alpha value is -3.41. The monoisotopic (exact) mass is 405 g/mol. The molecule has 1 atom stereocenters. The second-order valence-electron chi connectivity index (χ2n) is 7.66. The van der Waals surface area contributed by atoms with Crippen LogP contribution in [0.4, 0.5) is 0 Å². The fraction of sp³-hybridized carbons (Fsp3) is 0.292. The van der Waals surface area contributed by atoms with Crippen molar-refractivity contribution in [1.29, 1.82) is 0 Å². The van der Waals surface area contributed by atoms with E-state index in [1.54, 1.807) is 23.3 Å². The molecule has 2 aromatic carbocycles. The lowest BCUT2D eigenvalue weighted by Crippen LogP contribution is -2.40. The van der Waals surface area contributed by atoms with Crippen LogP contribution in [0.1, 0.15) is 48.2 Å². The molecule has 0 bridgehead atoms. The largest absolute Gasteiger partial charge is 0.489 e. The average molecular weight is 405 g/mol. The van der Waals surface area contributed by atoms with Crippen LogP contribution in [0, 0.1) is 0 Å². The van der Waals surface area contributed by atoms with E-state index >= 15 is 0 Å². The van der Waals surface area contributed by atoms with E-state index in [-0.39, 0.29) is 23.9 Å². The van der Waals surface area contributed by atoms with Crippen molar-refractivity contribution in [3.8, 4) is 5.75 Å². The molecule has 0 N–H and O–H groups in total. The SMILES string of the molecule is CC(=O)CCC(C(C)=O)N1Cc2c(OCc3ccc4occc4c3)cccc2C1=O. The van der Waals surface area contributed by atoms with Gasteiger partial charge in [-0.1, -0.05) is 12.1 Å². The van der Waals surface area contributed by atoms with Crippen LogP contribution in [0.25, 0.3) is 11.0 Å². The van der Waals surface area contributed by atoms with Gasteiger partial charge in [0.25, 0.3) is 5.91 Å². The molecule has 30 heavy (non-hydrogen) atoms. The number of carbonyl (C=O) groups excluding carboxylic acids is 3. The Morgan fingerprint density at radius 2 is 2.00 bits per heavy atom. The number of rotatable bonds is 8. The maximum atomic E-state index is 13.0. The van der Waals surface area contributed by atoms with Gasteiger partial charge in [-0.3, -0.25) is 9.59 Å². The first-order valence-electron chi connectivity index (χ1n) is 9.95. The first-order valence-corrected chi connectivity index (χ1v) is 9.95. The quantitative estimate of drug-likeness (QED) is 0.559. The third-order valence-corrected chi connectivity index (χ3v) is 5.48. The maximum Gasteiger partial charge on any atom is 0.255 e. The van der Waals surface area contributed by atoms with E-state index in [2.05, 4.69) is 0 Å². The van der Waals surface area contributed by atoms with E-state index in [1.165, 1.54) is 13.8 Å². The van der Waals surface area contributed by atoms with Gasteiger partial charge in [-0.2, -0.15) is 0 Å². The highest BCUT2D eigenvalue weighted by molar-refractivity contribution is 6.01. The van der Waals surface area contributed by atoms with Crippen molar-refractivity contribution >= 4 is 28.4 Å². The van der Waals surface area contributed by atoms with E-state index in [1.807, 2.05) is 30.3 Å². The molecule has 0 aliphatic carbocycles. The predicted molar refractivity (Wildman–Crippen MR) is 111 cm³/mol. The van der Waals surface area contributed by atoms with Gasteiger partial charge in [-0.05, 0) is 56.2 Å². The van der Waals surface area contributed by atoms with Gasteiger partial charge < -0.3 is 18.8 Å². The van der Waals surface area contributed by atoms with E-state index in [4.69, 9.17) is 9.15 Å². The number of nitrogens with zero attached hydrogens (tertiary/aromatic N) is 1. The van der Waals surface area contributed by atoms with Crippen LogP contribution < -0.4 is 4.74 Å². The Kier molecular flexibility index (Phi) is 5.40. The van der Waals surface area contributed by atoms with Gasteiger partial charge in [0.15, 0.2) is 5.78 Å². The highest BCUT2D eigenvalue weighted by Crippen LogP contribution is 2.33. The van der Waals surface area contributed by atoms with Crippen LogP contribution >= 0.6 is 0 Å². The summed E-state index contributed by atoms with van der Waals surface area (Å²) in [5.41, 5.74) is 3.14. The lowest BCUT2D eigenvalue weighted by Gasteiger charge is -2.25. The van der Waals surface area contributed by atoms with Crippen molar-refractivity contribution in [2.24, 2.45) is 0 Å². The summed E-state index contributed by atoms with van der Waals surface area (Å²) in [6, 6.07) is 12.5. The molecule has 6 nitrogen and oxygen atoms in total. The summed E-state index contributed by atoms with van der Waals surface area (Å²) >= 11 is 0. The van der Waals surface area contributed by atoms with Gasteiger partial charge in [0.05, 0.1) is 18.8 Å². The van der Waals surface area contributed by atoms with Crippen LogP contribution in [0.2, 0.25) is 0 Å². The normalized spacial score (nSPS) is 14.1. The number of ether oxygens (including phenoxy) is 1. The fourth-order valence-electron chi connectivity index (χ4n) is 3.90. The van der Waals surface area contributed by atoms with Crippen molar-refractivity contribution < 1.29 is 23.5 Å². The van der Waals surface area contributed by atoms with Crippen LogP contribution in [0.5, 0.6) is 5.75 Å². The minimum Gasteiger partial charge on any atom is -0.489 e. The summed E-state index contributed by atoms with van der Waals surface area (Å²) in [5, 5.41) is 1.01. The Labute approximate surface area is 174 Å². The van der Waals surface area contributed by atoms with E-state index in [0.29, 0.717) is 30.9 Å². The van der Waals surface area contributed by atoms with Gasteiger partial charge in [0.1, 0.15) is 23.7 Å². The predicted octanol–water partition coefficient (Wildman–Crippen LogP) is 4.29. The van der Waals surface area contributed by atoms with Gasteiger partial charge in [0, 0.05) is 22.9 Å². The Balaban J connectivity index is 1.53. The smallest absolute Gasteiger partial charge is 0.255 e.